The Morgan fingerprint density at radius 1 is 1.06 bits per heavy atom. The summed E-state index contributed by atoms with van der Waals surface area (Å²) in [5.41, 5.74) is 1.61. The van der Waals surface area contributed by atoms with Gasteiger partial charge in [0.1, 0.15) is 5.82 Å². The molecule has 0 saturated carbocycles. The van der Waals surface area contributed by atoms with Crippen molar-refractivity contribution in [3.8, 4) is 11.3 Å². The smallest absolute Gasteiger partial charge is 0.241 e. The molecule has 9 nitrogen and oxygen atoms in total. The van der Waals surface area contributed by atoms with Gasteiger partial charge in [-0.1, -0.05) is 30.3 Å². The SMILES string of the molecule is CC(CO)(CO)NS(=O)(=O)c1ccc(Nc2cc(-c3ccccc3)nc3c(Br)cnn23)cc1. The van der Waals surface area contributed by atoms with Crippen molar-refractivity contribution in [3.63, 3.8) is 0 Å². The van der Waals surface area contributed by atoms with Gasteiger partial charge in [-0.05, 0) is 47.1 Å². The second-order valence-electron chi connectivity index (χ2n) is 7.75. The summed E-state index contributed by atoms with van der Waals surface area (Å²) in [5, 5.41) is 26.4. The molecule has 0 saturated heterocycles. The zero-order chi connectivity index (χ0) is 23.6. The minimum atomic E-state index is -3.94. The molecule has 0 aliphatic rings. The summed E-state index contributed by atoms with van der Waals surface area (Å²) in [4.78, 5) is 4.70. The monoisotopic (exact) mass is 531 g/mol. The number of hydrogen-bond donors (Lipinski definition) is 4. The van der Waals surface area contributed by atoms with Crippen LogP contribution in [0.5, 0.6) is 0 Å². The number of rotatable bonds is 8. The highest BCUT2D eigenvalue weighted by atomic mass is 79.9. The Bertz CT molecular complexity index is 1370. The maximum absolute atomic E-state index is 12.6. The molecule has 0 atom stereocenters. The largest absolute Gasteiger partial charge is 0.394 e. The first-order valence-corrected chi connectivity index (χ1v) is 12.2. The standard InChI is InChI=1S/C22H22BrN5O4S/c1-22(13-29,14-30)27-33(31,32)17-9-7-16(8-10-17)25-20-11-19(15-5-3-2-4-6-15)26-21-18(23)12-24-28(20)21/h2-12,25,27,29-30H,13-14H2,1H3. The third kappa shape index (κ3) is 4.92. The van der Waals surface area contributed by atoms with Gasteiger partial charge in [0.2, 0.25) is 10.0 Å². The Morgan fingerprint density at radius 3 is 2.36 bits per heavy atom. The van der Waals surface area contributed by atoms with Gasteiger partial charge in [-0.25, -0.2) is 18.1 Å². The molecular formula is C22H22BrN5O4S. The van der Waals surface area contributed by atoms with Gasteiger partial charge in [-0.3, -0.25) is 0 Å². The summed E-state index contributed by atoms with van der Waals surface area (Å²) in [5.74, 6) is 0.645. The van der Waals surface area contributed by atoms with E-state index in [1.54, 1.807) is 22.8 Å². The number of nitrogens with one attached hydrogen (secondary N) is 2. The van der Waals surface area contributed by atoms with Crippen molar-refractivity contribution in [2.75, 3.05) is 18.5 Å². The highest BCUT2D eigenvalue weighted by Gasteiger charge is 2.29. The minimum absolute atomic E-state index is 0.00728. The first-order valence-electron chi connectivity index (χ1n) is 9.97. The molecule has 0 bridgehead atoms. The van der Waals surface area contributed by atoms with Crippen molar-refractivity contribution < 1.29 is 18.6 Å². The molecule has 0 aliphatic heterocycles. The minimum Gasteiger partial charge on any atom is -0.394 e. The Balaban J connectivity index is 1.65. The van der Waals surface area contributed by atoms with Gasteiger partial charge in [0.05, 0.1) is 40.0 Å². The van der Waals surface area contributed by atoms with Gasteiger partial charge in [-0.15, -0.1) is 0 Å². The number of hydrogen-bond acceptors (Lipinski definition) is 7. The molecule has 2 aromatic heterocycles. The normalized spacial score (nSPS) is 12.2. The number of aromatic nitrogens is 3. The van der Waals surface area contributed by atoms with E-state index in [2.05, 4.69) is 36.1 Å². The maximum atomic E-state index is 12.6. The van der Waals surface area contributed by atoms with Crippen LogP contribution in [0.15, 0.2) is 76.2 Å². The zero-order valence-electron chi connectivity index (χ0n) is 17.6. The third-order valence-corrected chi connectivity index (χ3v) is 7.23. The lowest BCUT2D eigenvalue weighted by atomic mass is 10.1. The second-order valence-corrected chi connectivity index (χ2v) is 10.3. The van der Waals surface area contributed by atoms with Crippen LogP contribution < -0.4 is 10.0 Å². The quantitative estimate of drug-likeness (QED) is 0.275. The van der Waals surface area contributed by atoms with Gasteiger partial charge in [0.25, 0.3) is 0 Å². The van der Waals surface area contributed by atoms with Crippen molar-refractivity contribution in [2.24, 2.45) is 0 Å². The Labute approximate surface area is 199 Å². The number of anilines is 2. The lowest BCUT2D eigenvalue weighted by Crippen LogP contribution is -2.51. The van der Waals surface area contributed by atoms with E-state index in [1.165, 1.54) is 19.1 Å². The number of nitrogens with zero attached hydrogens (tertiary/aromatic N) is 3. The highest BCUT2D eigenvalue weighted by molar-refractivity contribution is 9.10. The van der Waals surface area contributed by atoms with Gasteiger partial charge in [0, 0.05) is 17.3 Å². The molecule has 4 rings (SSSR count). The van der Waals surface area contributed by atoms with Crippen LogP contribution in [0.1, 0.15) is 6.92 Å². The predicted octanol–water partition coefficient (Wildman–Crippen LogP) is 2.92. The molecule has 33 heavy (non-hydrogen) atoms. The molecule has 4 N–H and O–H groups in total. The first kappa shape index (κ1) is 23.3. The van der Waals surface area contributed by atoms with Crippen molar-refractivity contribution in [1.29, 1.82) is 0 Å². The topological polar surface area (TPSA) is 129 Å². The Kier molecular flexibility index (Phi) is 6.50. The predicted molar refractivity (Wildman–Crippen MR) is 129 cm³/mol. The fraction of sp³-hybridized carbons (Fsp3) is 0.182. The van der Waals surface area contributed by atoms with Crippen molar-refractivity contribution in [1.82, 2.24) is 19.3 Å². The molecule has 2 heterocycles. The number of aliphatic hydroxyl groups excluding tert-OH is 2. The summed E-state index contributed by atoms with van der Waals surface area (Å²) >= 11 is 3.48. The van der Waals surface area contributed by atoms with Crippen LogP contribution in [0.2, 0.25) is 0 Å². The van der Waals surface area contributed by atoms with Crippen LogP contribution in [0.4, 0.5) is 11.5 Å². The van der Waals surface area contributed by atoms with Crippen LogP contribution in [0.25, 0.3) is 16.9 Å². The summed E-state index contributed by atoms with van der Waals surface area (Å²) in [6.45, 7) is 0.342. The van der Waals surface area contributed by atoms with E-state index in [9.17, 15) is 18.6 Å². The van der Waals surface area contributed by atoms with E-state index in [0.717, 1.165) is 15.7 Å². The maximum Gasteiger partial charge on any atom is 0.241 e. The summed E-state index contributed by atoms with van der Waals surface area (Å²) < 4.78 is 30.0. The number of fused-ring (bicyclic) bond motifs is 1. The lowest BCUT2D eigenvalue weighted by Gasteiger charge is -2.25. The van der Waals surface area contributed by atoms with Gasteiger partial charge < -0.3 is 15.5 Å². The number of aliphatic hydroxyl groups is 2. The van der Waals surface area contributed by atoms with Crippen LogP contribution >= 0.6 is 15.9 Å². The summed E-state index contributed by atoms with van der Waals surface area (Å²) in [6.07, 6.45) is 1.66. The van der Waals surface area contributed by atoms with E-state index in [4.69, 9.17) is 0 Å². The molecule has 0 spiro atoms. The molecule has 0 unspecified atom stereocenters. The number of halogens is 1. The molecule has 0 aliphatic carbocycles. The molecule has 2 aromatic carbocycles. The van der Waals surface area contributed by atoms with Crippen LogP contribution in [-0.4, -0.2) is 52.0 Å². The number of benzene rings is 2. The average Bonchev–Trinajstić information content (AvgIpc) is 3.20. The van der Waals surface area contributed by atoms with E-state index in [1.807, 2.05) is 36.4 Å². The molecule has 0 amide bonds. The molecule has 172 valence electrons. The molecular weight excluding hydrogens is 510 g/mol. The molecule has 0 radical (unpaired) electrons. The third-order valence-electron chi connectivity index (χ3n) is 5.01. The zero-order valence-corrected chi connectivity index (χ0v) is 20.0. The Hall–Kier alpha value is -2.83. The van der Waals surface area contributed by atoms with E-state index in [0.29, 0.717) is 17.2 Å². The number of sulfonamides is 1. The van der Waals surface area contributed by atoms with Crippen LogP contribution in [0, 0.1) is 0 Å². The van der Waals surface area contributed by atoms with Crippen molar-refractivity contribution >= 4 is 43.1 Å². The molecule has 0 fully saturated rings. The first-order chi connectivity index (χ1) is 15.7. The summed E-state index contributed by atoms with van der Waals surface area (Å²) in [6, 6.07) is 17.7. The molecule has 4 aromatic rings. The van der Waals surface area contributed by atoms with E-state index < -0.39 is 28.8 Å². The second kappa shape index (κ2) is 9.20. The molecule has 11 heteroatoms. The average molecular weight is 532 g/mol. The van der Waals surface area contributed by atoms with Crippen molar-refractivity contribution in [2.45, 2.75) is 17.4 Å². The van der Waals surface area contributed by atoms with Crippen LogP contribution in [0.3, 0.4) is 0 Å². The lowest BCUT2D eigenvalue weighted by molar-refractivity contribution is 0.122. The van der Waals surface area contributed by atoms with Crippen molar-refractivity contribution in [3.05, 3.63) is 71.3 Å². The van der Waals surface area contributed by atoms with Crippen LogP contribution in [-0.2, 0) is 10.0 Å². The van der Waals surface area contributed by atoms with Gasteiger partial charge in [-0.2, -0.15) is 9.61 Å². The fourth-order valence-corrected chi connectivity index (χ4v) is 4.88. The van der Waals surface area contributed by atoms with E-state index in [-0.39, 0.29) is 4.90 Å². The Morgan fingerprint density at radius 2 is 1.73 bits per heavy atom. The highest BCUT2D eigenvalue weighted by Crippen LogP contribution is 2.28. The summed E-state index contributed by atoms with van der Waals surface area (Å²) in [7, 11) is -3.94. The van der Waals surface area contributed by atoms with Gasteiger partial charge >= 0.3 is 0 Å². The van der Waals surface area contributed by atoms with E-state index >= 15 is 0 Å². The van der Waals surface area contributed by atoms with Gasteiger partial charge in [0.15, 0.2) is 5.65 Å². The fourth-order valence-electron chi connectivity index (χ4n) is 3.15.